The minimum absolute atomic E-state index is 0.0812. The summed E-state index contributed by atoms with van der Waals surface area (Å²) in [5, 5.41) is 2.79. The Morgan fingerprint density at radius 3 is 2.93 bits per heavy atom. The molecule has 1 N–H and O–H groups in total. The molecule has 0 saturated carbocycles. The second-order valence-electron chi connectivity index (χ2n) is 3.54. The molecule has 80 valence electrons. The van der Waals surface area contributed by atoms with Crippen molar-refractivity contribution in [3.05, 3.63) is 0 Å². The molecule has 0 aromatic heterocycles. The predicted molar refractivity (Wildman–Crippen MR) is 53.7 cm³/mol. The molecule has 2 amide bonds. The minimum atomic E-state index is 0.0812. The fourth-order valence-corrected chi connectivity index (χ4v) is 1.56. The second-order valence-corrected chi connectivity index (χ2v) is 3.54. The van der Waals surface area contributed by atoms with Crippen molar-refractivity contribution in [3.8, 4) is 0 Å². The van der Waals surface area contributed by atoms with Gasteiger partial charge in [0.1, 0.15) is 0 Å². The molecular weight excluding hydrogens is 180 g/mol. The summed E-state index contributed by atoms with van der Waals surface area (Å²) in [5.41, 5.74) is 0. The average Bonchev–Trinajstić information content (AvgIpc) is 2.58. The van der Waals surface area contributed by atoms with E-state index >= 15 is 0 Å². The maximum Gasteiger partial charge on any atom is 0.222 e. The van der Waals surface area contributed by atoms with Crippen LogP contribution in [0.3, 0.4) is 0 Å². The molecule has 1 aliphatic rings. The van der Waals surface area contributed by atoms with E-state index in [1.165, 1.54) is 0 Å². The summed E-state index contributed by atoms with van der Waals surface area (Å²) in [6.07, 6.45) is 3.07. The molecule has 0 unspecified atom stereocenters. The lowest BCUT2D eigenvalue weighted by atomic mass is 10.3. The number of carbonyl (C=O) groups is 2. The van der Waals surface area contributed by atoms with Crippen molar-refractivity contribution < 1.29 is 9.59 Å². The van der Waals surface area contributed by atoms with E-state index in [2.05, 4.69) is 5.32 Å². The molecule has 0 aromatic carbocycles. The molecule has 1 aliphatic heterocycles. The summed E-state index contributed by atoms with van der Waals surface area (Å²) in [6.45, 7) is 4.18. The number of nitrogens with one attached hydrogen (secondary N) is 1. The fourth-order valence-electron chi connectivity index (χ4n) is 1.56. The normalized spacial score (nSPS) is 16.1. The quantitative estimate of drug-likeness (QED) is 0.655. The molecule has 0 atom stereocenters. The number of nitrogens with zero attached hydrogens (tertiary/aromatic N) is 1. The maximum absolute atomic E-state index is 11.2. The molecule has 0 aromatic rings. The van der Waals surface area contributed by atoms with Crippen molar-refractivity contribution in [2.75, 3.05) is 19.6 Å². The molecule has 1 fully saturated rings. The third kappa shape index (κ3) is 3.36. The Morgan fingerprint density at radius 1 is 1.57 bits per heavy atom. The summed E-state index contributed by atoms with van der Waals surface area (Å²) in [7, 11) is 0. The van der Waals surface area contributed by atoms with Gasteiger partial charge in [0.15, 0.2) is 0 Å². The average molecular weight is 198 g/mol. The molecular formula is C10H18N2O2. The van der Waals surface area contributed by atoms with Gasteiger partial charge < -0.3 is 10.2 Å². The number of carbonyl (C=O) groups excluding carboxylic acids is 2. The van der Waals surface area contributed by atoms with E-state index < -0.39 is 0 Å². The number of amides is 2. The molecule has 4 heteroatoms. The van der Waals surface area contributed by atoms with E-state index in [0.29, 0.717) is 19.4 Å². The van der Waals surface area contributed by atoms with E-state index in [9.17, 15) is 9.59 Å². The van der Waals surface area contributed by atoms with Crippen LogP contribution in [0.5, 0.6) is 0 Å². The first-order valence-electron chi connectivity index (χ1n) is 5.28. The van der Waals surface area contributed by atoms with Crippen LogP contribution in [0.4, 0.5) is 0 Å². The van der Waals surface area contributed by atoms with Crippen molar-refractivity contribution in [2.45, 2.75) is 32.6 Å². The third-order valence-electron chi connectivity index (χ3n) is 2.42. The summed E-state index contributed by atoms with van der Waals surface area (Å²) in [6, 6.07) is 0. The van der Waals surface area contributed by atoms with Crippen LogP contribution >= 0.6 is 0 Å². The van der Waals surface area contributed by atoms with Gasteiger partial charge >= 0.3 is 0 Å². The van der Waals surface area contributed by atoms with Gasteiger partial charge in [0.2, 0.25) is 11.8 Å². The van der Waals surface area contributed by atoms with Crippen LogP contribution in [0, 0.1) is 0 Å². The first kappa shape index (κ1) is 11.0. The highest BCUT2D eigenvalue weighted by Gasteiger charge is 2.18. The molecule has 4 nitrogen and oxygen atoms in total. The lowest BCUT2D eigenvalue weighted by molar-refractivity contribution is -0.127. The largest absolute Gasteiger partial charge is 0.356 e. The predicted octanol–water partition coefficient (Wildman–Crippen LogP) is 0.525. The van der Waals surface area contributed by atoms with Gasteiger partial charge in [-0.3, -0.25) is 9.59 Å². The van der Waals surface area contributed by atoms with Crippen molar-refractivity contribution in [1.29, 1.82) is 0 Å². The second kappa shape index (κ2) is 5.62. The topological polar surface area (TPSA) is 49.4 Å². The number of hydrogen-bond acceptors (Lipinski definition) is 2. The van der Waals surface area contributed by atoms with Gasteiger partial charge in [-0.1, -0.05) is 6.92 Å². The molecule has 0 radical (unpaired) electrons. The SMILES string of the molecule is CCC(=O)NCCCN1CCCC1=O. The van der Waals surface area contributed by atoms with Gasteiger partial charge in [-0.2, -0.15) is 0 Å². The van der Waals surface area contributed by atoms with Gasteiger partial charge in [0.05, 0.1) is 0 Å². The Morgan fingerprint density at radius 2 is 2.36 bits per heavy atom. The molecule has 0 aliphatic carbocycles. The van der Waals surface area contributed by atoms with Crippen LogP contribution < -0.4 is 5.32 Å². The minimum Gasteiger partial charge on any atom is -0.356 e. The highest BCUT2D eigenvalue weighted by Crippen LogP contribution is 2.09. The van der Waals surface area contributed by atoms with E-state index in [0.717, 1.165) is 25.9 Å². The Balaban J connectivity index is 2.03. The number of hydrogen-bond donors (Lipinski definition) is 1. The van der Waals surface area contributed by atoms with Gasteiger partial charge in [-0.05, 0) is 12.8 Å². The molecule has 14 heavy (non-hydrogen) atoms. The van der Waals surface area contributed by atoms with Crippen LogP contribution in [-0.4, -0.2) is 36.3 Å². The zero-order chi connectivity index (χ0) is 10.4. The first-order valence-corrected chi connectivity index (χ1v) is 5.28. The Bertz CT molecular complexity index is 216. The summed E-state index contributed by atoms with van der Waals surface area (Å²) in [4.78, 5) is 24.0. The lowest BCUT2D eigenvalue weighted by Gasteiger charge is -2.14. The number of likely N-dealkylation sites (tertiary alicyclic amines) is 1. The molecule has 1 heterocycles. The summed E-state index contributed by atoms with van der Waals surface area (Å²) >= 11 is 0. The van der Waals surface area contributed by atoms with Crippen LogP contribution in [0.25, 0.3) is 0 Å². The molecule has 1 rings (SSSR count). The van der Waals surface area contributed by atoms with Crippen LogP contribution in [0.1, 0.15) is 32.6 Å². The zero-order valence-electron chi connectivity index (χ0n) is 8.71. The van der Waals surface area contributed by atoms with Crippen molar-refractivity contribution in [3.63, 3.8) is 0 Å². The highest BCUT2D eigenvalue weighted by atomic mass is 16.2. The Labute approximate surface area is 84.7 Å². The zero-order valence-corrected chi connectivity index (χ0v) is 8.71. The van der Waals surface area contributed by atoms with Crippen LogP contribution in [0.15, 0.2) is 0 Å². The van der Waals surface area contributed by atoms with Crippen LogP contribution in [0.2, 0.25) is 0 Å². The summed E-state index contributed by atoms with van der Waals surface area (Å²) in [5.74, 6) is 0.338. The van der Waals surface area contributed by atoms with Gasteiger partial charge in [0.25, 0.3) is 0 Å². The fraction of sp³-hybridized carbons (Fsp3) is 0.800. The lowest BCUT2D eigenvalue weighted by Crippen LogP contribution is -2.30. The van der Waals surface area contributed by atoms with Gasteiger partial charge in [-0.15, -0.1) is 0 Å². The monoisotopic (exact) mass is 198 g/mol. The molecule has 0 bridgehead atoms. The first-order chi connectivity index (χ1) is 6.74. The highest BCUT2D eigenvalue weighted by molar-refractivity contribution is 5.78. The Hall–Kier alpha value is -1.06. The Kier molecular flexibility index (Phi) is 4.43. The van der Waals surface area contributed by atoms with Crippen molar-refractivity contribution in [2.24, 2.45) is 0 Å². The van der Waals surface area contributed by atoms with E-state index in [-0.39, 0.29) is 11.8 Å². The van der Waals surface area contributed by atoms with Gasteiger partial charge in [0, 0.05) is 32.5 Å². The third-order valence-corrected chi connectivity index (χ3v) is 2.42. The number of rotatable bonds is 5. The maximum atomic E-state index is 11.2. The van der Waals surface area contributed by atoms with Crippen molar-refractivity contribution >= 4 is 11.8 Å². The smallest absolute Gasteiger partial charge is 0.222 e. The van der Waals surface area contributed by atoms with E-state index in [4.69, 9.17) is 0 Å². The van der Waals surface area contributed by atoms with E-state index in [1.54, 1.807) is 0 Å². The molecule has 1 saturated heterocycles. The van der Waals surface area contributed by atoms with Crippen molar-refractivity contribution in [1.82, 2.24) is 10.2 Å². The standard InChI is InChI=1S/C10H18N2O2/c1-2-9(13)11-6-4-8-12-7-3-5-10(12)14/h2-8H2,1H3,(H,11,13). The molecule has 0 spiro atoms. The van der Waals surface area contributed by atoms with Crippen LogP contribution in [-0.2, 0) is 9.59 Å². The summed E-state index contributed by atoms with van der Waals surface area (Å²) < 4.78 is 0. The van der Waals surface area contributed by atoms with E-state index in [1.807, 2.05) is 11.8 Å². The van der Waals surface area contributed by atoms with Gasteiger partial charge in [-0.25, -0.2) is 0 Å².